The van der Waals surface area contributed by atoms with Gasteiger partial charge in [-0.15, -0.1) is 11.8 Å². The van der Waals surface area contributed by atoms with Crippen LogP contribution in [0.1, 0.15) is 11.1 Å². The third kappa shape index (κ3) is 3.83. The second-order valence-corrected chi connectivity index (χ2v) is 5.60. The first-order valence-electron chi connectivity index (χ1n) is 6.29. The van der Waals surface area contributed by atoms with Gasteiger partial charge in [-0.3, -0.25) is 0 Å². The Hall–Kier alpha value is -1.85. The van der Waals surface area contributed by atoms with Crippen molar-refractivity contribution in [2.24, 2.45) is 10.9 Å². The lowest BCUT2D eigenvalue weighted by atomic mass is 10.1. The number of amidine groups is 1. The van der Waals surface area contributed by atoms with Crippen LogP contribution in [0.15, 0.2) is 52.5 Å². The Balaban J connectivity index is 2.14. The number of thioether (sulfide) groups is 1. The van der Waals surface area contributed by atoms with E-state index in [1.54, 1.807) is 23.9 Å². The highest BCUT2D eigenvalue weighted by molar-refractivity contribution is 7.98. The van der Waals surface area contributed by atoms with Crippen LogP contribution in [0.3, 0.4) is 0 Å². The summed E-state index contributed by atoms with van der Waals surface area (Å²) in [4.78, 5) is 1.18. The van der Waals surface area contributed by atoms with Gasteiger partial charge in [-0.25, -0.2) is 0 Å². The van der Waals surface area contributed by atoms with Gasteiger partial charge in [0.05, 0.1) is 0 Å². The number of rotatable bonds is 5. The molecule has 0 aliphatic heterocycles. The van der Waals surface area contributed by atoms with Crippen LogP contribution >= 0.6 is 23.4 Å². The summed E-state index contributed by atoms with van der Waals surface area (Å²) >= 11 is 7.92. The van der Waals surface area contributed by atoms with Gasteiger partial charge in [-0.1, -0.05) is 41.0 Å². The maximum absolute atomic E-state index is 8.66. The molecule has 110 valence electrons. The molecular formula is C15H16ClN3OS. The molecule has 4 N–H and O–H groups in total. The van der Waals surface area contributed by atoms with Gasteiger partial charge in [0.1, 0.15) is 0 Å². The van der Waals surface area contributed by atoms with E-state index in [9.17, 15) is 0 Å². The van der Waals surface area contributed by atoms with E-state index in [-0.39, 0.29) is 5.84 Å². The van der Waals surface area contributed by atoms with Gasteiger partial charge < -0.3 is 16.3 Å². The molecule has 0 bridgehead atoms. The SMILES string of the molecule is CSc1ccccc1NCc1ccc(/C(N)=N/O)cc1Cl. The highest BCUT2D eigenvalue weighted by Gasteiger charge is 2.06. The van der Waals surface area contributed by atoms with Crippen molar-refractivity contribution in [2.45, 2.75) is 11.4 Å². The molecule has 0 amide bonds. The fourth-order valence-electron chi connectivity index (χ4n) is 1.89. The van der Waals surface area contributed by atoms with Crippen LogP contribution in [0.4, 0.5) is 5.69 Å². The van der Waals surface area contributed by atoms with Crippen molar-refractivity contribution >= 4 is 34.9 Å². The molecular weight excluding hydrogens is 306 g/mol. The summed E-state index contributed by atoms with van der Waals surface area (Å²) in [5.74, 6) is 0.0455. The highest BCUT2D eigenvalue weighted by atomic mass is 35.5. The summed E-state index contributed by atoms with van der Waals surface area (Å²) in [5, 5.41) is 15.6. The number of hydrogen-bond donors (Lipinski definition) is 3. The van der Waals surface area contributed by atoms with Crippen molar-refractivity contribution < 1.29 is 5.21 Å². The lowest BCUT2D eigenvalue weighted by Gasteiger charge is -2.12. The number of nitrogens with two attached hydrogens (primary N) is 1. The van der Waals surface area contributed by atoms with Gasteiger partial charge in [-0.2, -0.15) is 0 Å². The van der Waals surface area contributed by atoms with Gasteiger partial charge in [0.15, 0.2) is 5.84 Å². The Labute approximate surface area is 133 Å². The molecule has 0 aliphatic rings. The zero-order chi connectivity index (χ0) is 15.2. The zero-order valence-electron chi connectivity index (χ0n) is 11.5. The molecule has 6 heteroatoms. The number of hydrogen-bond acceptors (Lipinski definition) is 4. The second kappa shape index (κ2) is 7.24. The first-order chi connectivity index (χ1) is 10.2. The predicted molar refractivity (Wildman–Crippen MR) is 89.5 cm³/mol. The van der Waals surface area contributed by atoms with Gasteiger partial charge in [0.2, 0.25) is 0 Å². The van der Waals surface area contributed by atoms with Crippen molar-refractivity contribution in [1.29, 1.82) is 0 Å². The maximum atomic E-state index is 8.66. The number of benzene rings is 2. The minimum atomic E-state index is 0.0455. The molecule has 0 aliphatic carbocycles. The van der Waals surface area contributed by atoms with E-state index in [1.165, 1.54) is 4.90 Å². The summed E-state index contributed by atoms with van der Waals surface area (Å²) in [5.41, 5.74) is 8.15. The van der Waals surface area contributed by atoms with Crippen LogP contribution in [0.25, 0.3) is 0 Å². The number of halogens is 1. The lowest BCUT2D eigenvalue weighted by Crippen LogP contribution is -2.13. The summed E-state index contributed by atoms with van der Waals surface area (Å²) in [6.45, 7) is 0.604. The fraction of sp³-hybridized carbons (Fsp3) is 0.133. The Morgan fingerprint density at radius 2 is 2.10 bits per heavy atom. The zero-order valence-corrected chi connectivity index (χ0v) is 13.1. The number of para-hydroxylation sites is 1. The monoisotopic (exact) mass is 321 g/mol. The molecule has 0 atom stereocenters. The minimum absolute atomic E-state index is 0.0455. The molecule has 2 aromatic rings. The van der Waals surface area contributed by atoms with Gasteiger partial charge in [-0.05, 0) is 30.0 Å². The predicted octanol–water partition coefficient (Wildman–Crippen LogP) is 3.77. The largest absolute Gasteiger partial charge is 0.409 e. The molecule has 0 saturated carbocycles. The molecule has 0 fully saturated rings. The number of nitrogens with one attached hydrogen (secondary N) is 1. The molecule has 0 spiro atoms. The van der Waals surface area contributed by atoms with Crippen LogP contribution in [-0.4, -0.2) is 17.3 Å². The van der Waals surface area contributed by atoms with Crippen LogP contribution in [0, 0.1) is 0 Å². The highest BCUT2D eigenvalue weighted by Crippen LogP contribution is 2.26. The first-order valence-corrected chi connectivity index (χ1v) is 7.89. The van der Waals surface area contributed by atoms with Crippen LogP contribution < -0.4 is 11.1 Å². The molecule has 2 aromatic carbocycles. The Morgan fingerprint density at radius 3 is 2.76 bits per heavy atom. The second-order valence-electron chi connectivity index (χ2n) is 4.35. The van der Waals surface area contributed by atoms with E-state index in [2.05, 4.69) is 16.5 Å². The molecule has 21 heavy (non-hydrogen) atoms. The fourth-order valence-corrected chi connectivity index (χ4v) is 2.71. The lowest BCUT2D eigenvalue weighted by molar-refractivity contribution is 0.318. The normalized spacial score (nSPS) is 11.4. The van der Waals surface area contributed by atoms with E-state index < -0.39 is 0 Å². The van der Waals surface area contributed by atoms with Crippen molar-refractivity contribution in [3.8, 4) is 0 Å². The Kier molecular flexibility index (Phi) is 5.36. The van der Waals surface area contributed by atoms with E-state index in [4.69, 9.17) is 22.5 Å². The van der Waals surface area contributed by atoms with Crippen molar-refractivity contribution in [2.75, 3.05) is 11.6 Å². The van der Waals surface area contributed by atoms with E-state index >= 15 is 0 Å². The average Bonchev–Trinajstić information content (AvgIpc) is 2.53. The average molecular weight is 322 g/mol. The van der Waals surface area contributed by atoms with Crippen LogP contribution in [-0.2, 0) is 6.54 Å². The molecule has 0 saturated heterocycles. The van der Waals surface area contributed by atoms with Crippen LogP contribution in [0.5, 0.6) is 0 Å². The smallest absolute Gasteiger partial charge is 0.170 e. The molecule has 0 aromatic heterocycles. The summed E-state index contributed by atoms with van der Waals surface area (Å²) in [6, 6.07) is 13.4. The summed E-state index contributed by atoms with van der Waals surface area (Å²) in [7, 11) is 0. The third-order valence-corrected chi connectivity index (χ3v) is 4.18. The Morgan fingerprint density at radius 1 is 1.33 bits per heavy atom. The molecule has 2 rings (SSSR count). The third-order valence-electron chi connectivity index (χ3n) is 3.03. The Bertz CT molecular complexity index is 661. The maximum Gasteiger partial charge on any atom is 0.170 e. The molecule has 0 heterocycles. The van der Waals surface area contributed by atoms with Crippen molar-refractivity contribution in [3.63, 3.8) is 0 Å². The van der Waals surface area contributed by atoms with Crippen molar-refractivity contribution in [3.05, 3.63) is 58.6 Å². The van der Waals surface area contributed by atoms with E-state index in [0.717, 1.165) is 11.3 Å². The number of oxime groups is 1. The minimum Gasteiger partial charge on any atom is -0.409 e. The number of nitrogens with zero attached hydrogens (tertiary/aromatic N) is 1. The summed E-state index contributed by atoms with van der Waals surface area (Å²) < 4.78 is 0. The molecule has 4 nitrogen and oxygen atoms in total. The van der Waals surface area contributed by atoms with Gasteiger partial charge in [0, 0.05) is 27.7 Å². The quantitative estimate of drug-likeness (QED) is 0.258. The van der Waals surface area contributed by atoms with E-state index in [1.807, 2.05) is 30.5 Å². The first kappa shape index (κ1) is 15.5. The van der Waals surface area contributed by atoms with Crippen molar-refractivity contribution in [1.82, 2.24) is 0 Å². The van der Waals surface area contributed by atoms with Gasteiger partial charge in [0.25, 0.3) is 0 Å². The number of anilines is 1. The molecule has 0 unspecified atom stereocenters. The van der Waals surface area contributed by atoms with Crippen LogP contribution in [0.2, 0.25) is 5.02 Å². The summed E-state index contributed by atoms with van der Waals surface area (Å²) in [6.07, 6.45) is 2.04. The van der Waals surface area contributed by atoms with Gasteiger partial charge >= 0.3 is 0 Å². The molecule has 0 radical (unpaired) electrons. The topological polar surface area (TPSA) is 70.6 Å². The van der Waals surface area contributed by atoms with E-state index in [0.29, 0.717) is 17.1 Å². The standard InChI is InChI=1S/C15H16ClN3OS/c1-21-14-5-3-2-4-13(14)18-9-11-7-6-10(8-12(11)16)15(17)19-20/h2-8,18,20H,9H2,1H3,(H2,17,19).